The van der Waals surface area contributed by atoms with Crippen molar-refractivity contribution in [3.05, 3.63) is 11.9 Å². The van der Waals surface area contributed by atoms with Gasteiger partial charge in [-0.25, -0.2) is 9.97 Å². The highest BCUT2D eigenvalue weighted by atomic mass is 16.1. The number of piperazine rings is 1. The predicted octanol–water partition coefficient (Wildman–Crippen LogP) is 0.332. The van der Waals surface area contributed by atoms with Crippen LogP contribution in [0.5, 0.6) is 0 Å². The molecule has 0 bridgehead atoms. The summed E-state index contributed by atoms with van der Waals surface area (Å²) >= 11 is 0. The molecule has 0 saturated carbocycles. The predicted molar refractivity (Wildman–Crippen MR) is 68.8 cm³/mol. The first-order valence-electron chi connectivity index (χ1n) is 6.36. The second-order valence-corrected chi connectivity index (χ2v) is 4.85. The van der Waals surface area contributed by atoms with Gasteiger partial charge in [0.25, 0.3) is 0 Å². The van der Waals surface area contributed by atoms with Crippen LogP contribution in [-0.2, 0) is 4.79 Å². The summed E-state index contributed by atoms with van der Waals surface area (Å²) in [5, 5.41) is 6.17. The van der Waals surface area contributed by atoms with E-state index >= 15 is 0 Å². The van der Waals surface area contributed by atoms with Crippen molar-refractivity contribution < 1.29 is 4.79 Å². The maximum atomic E-state index is 11.5. The summed E-state index contributed by atoms with van der Waals surface area (Å²) in [6.07, 6.45) is 2.05. The van der Waals surface area contributed by atoms with Gasteiger partial charge < -0.3 is 15.5 Å². The van der Waals surface area contributed by atoms with Gasteiger partial charge in [-0.2, -0.15) is 0 Å². The minimum Gasteiger partial charge on any atom is -0.354 e. The lowest BCUT2D eigenvalue weighted by Crippen LogP contribution is -2.44. The Balaban J connectivity index is 2.00. The number of rotatable bonds is 1. The summed E-state index contributed by atoms with van der Waals surface area (Å²) in [4.78, 5) is 22.4. The quantitative estimate of drug-likeness (QED) is 0.748. The van der Waals surface area contributed by atoms with Crippen molar-refractivity contribution in [1.82, 2.24) is 15.3 Å². The Hall–Kier alpha value is -1.69. The molecule has 1 aromatic rings. The molecule has 1 fully saturated rings. The Kier molecular flexibility index (Phi) is 2.87. The molecule has 3 heterocycles. The molecule has 6 nitrogen and oxygen atoms in total. The molecule has 0 unspecified atom stereocenters. The lowest BCUT2D eigenvalue weighted by Gasteiger charge is -2.32. The van der Waals surface area contributed by atoms with Crippen LogP contribution in [-0.4, -0.2) is 42.1 Å². The van der Waals surface area contributed by atoms with Crippen molar-refractivity contribution in [3.63, 3.8) is 0 Å². The molecule has 0 aromatic carbocycles. The molecule has 0 radical (unpaired) electrons. The van der Waals surface area contributed by atoms with Gasteiger partial charge in [0, 0.05) is 38.2 Å². The average Bonchev–Trinajstić information content (AvgIpc) is 2.38. The van der Waals surface area contributed by atoms with E-state index in [4.69, 9.17) is 0 Å². The van der Waals surface area contributed by atoms with Crippen LogP contribution in [0.4, 0.5) is 11.6 Å². The van der Waals surface area contributed by atoms with Gasteiger partial charge in [0.2, 0.25) is 5.91 Å². The van der Waals surface area contributed by atoms with Gasteiger partial charge >= 0.3 is 0 Å². The Labute approximate surface area is 106 Å². The maximum absolute atomic E-state index is 11.5. The number of hydrogen-bond donors (Lipinski definition) is 2. The van der Waals surface area contributed by atoms with Crippen LogP contribution in [0.2, 0.25) is 0 Å². The monoisotopic (exact) mass is 247 g/mol. The minimum atomic E-state index is 0.0416. The number of carbonyl (C=O) groups excluding carboxylic acids is 1. The molecule has 1 amide bonds. The Bertz CT molecular complexity index is 470. The molecule has 96 valence electrons. The van der Waals surface area contributed by atoms with Gasteiger partial charge in [0.05, 0.1) is 0 Å². The van der Waals surface area contributed by atoms with E-state index in [9.17, 15) is 4.79 Å². The molecule has 1 saturated heterocycles. The van der Waals surface area contributed by atoms with E-state index in [-0.39, 0.29) is 11.8 Å². The standard InChI is InChI=1S/C12H17N5O/c1-8-6-9(18)16-11-10(8)12(15-7-14-11)17-4-2-13-3-5-17/h7-8,13H,2-6H2,1H3,(H,14,15,16,18)/t8-/m1/s1. The lowest BCUT2D eigenvalue weighted by atomic mass is 9.94. The number of fused-ring (bicyclic) bond motifs is 1. The first kappa shape index (κ1) is 11.4. The van der Waals surface area contributed by atoms with E-state index in [2.05, 4.69) is 32.4 Å². The van der Waals surface area contributed by atoms with Crippen LogP contribution >= 0.6 is 0 Å². The topological polar surface area (TPSA) is 70.2 Å². The van der Waals surface area contributed by atoms with Crippen molar-refractivity contribution >= 4 is 17.5 Å². The molecular weight excluding hydrogens is 230 g/mol. The van der Waals surface area contributed by atoms with Crippen molar-refractivity contribution in [3.8, 4) is 0 Å². The number of nitrogens with one attached hydrogen (secondary N) is 2. The van der Waals surface area contributed by atoms with Crippen molar-refractivity contribution in [1.29, 1.82) is 0 Å². The van der Waals surface area contributed by atoms with Crippen LogP contribution in [0, 0.1) is 0 Å². The number of nitrogens with zero attached hydrogens (tertiary/aromatic N) is 3. The molecule has 0 spiro atoms. The highest BCUT2D eigenvalue weighted by Gasteiger charge is 2.28. The summed E-state index contributed by atoms with van der Waals surface area (Å²) in [6, 6.07) is 0. The van der Waals surface area contributed by atoms with Gasteiger partial charge in [0.1, 0.15) is 18.0 Å². The summed E-state index contributed by atoms with van der Waals surface area (Å²) in [5.41, 5.74) is 1.08. The molecule has 3 rings (SSSR count). The molecule has 18 heavy (non-hydrogen) atoms. The number of amides is 1. The normalized spacial score (nSPS) is 23.5. The minimum absolute atomic E-state index is 0.0416. The highest BCUT2D eigenvalue weighted by molar-refractivity contribution is 5.94. The SMILES string of the molecule is C[C@@H]1CC(=O)Nc2ncnc(N3CCNCC3)c21. The van der Waals surface area contributed by atoms with E-state index in [1.54, 1.807) is 0 Å². The molecule has 6 heteroatoms. The molecule has 1 atom stereocenters. The van der Waals surface area contributed by atoms with Gasteiger partial charge in [-0.05, 0) is 5.92 Å². The van der Waals surface area contributed by atoms with Crippen LogP contribution in [0.15, 0.2) is 6.33 Å². The Morgan fingerprint density at radius 2 is 2.11 bits per heavy atom. The Morgan fingerprint density at radius 3 is 2.89 bits per heavy atom. The van der Waals surface area contributed by atoms with Gasteiger partial charge in [-0.1, -0.05) is 6.92 Å². The number of anilines is 2. The van der Waals surface area contributed by atoms with E-state index in [0.717, 1.165) is 37.6 Å². The van der Waals surface area contributed by atoms with Crippen LogP contribution in [0.3, 0.4) is 0 Å². The zero-order valence-electron chi connectivity index (χ0n) is 10.4. The second-order valence-electron chi connectivity index (χ2n) is 4.85. The van der Waals surface area contributed by atoms with Gasteiger partial charge in [-0.3, -0.25) is 4.79 Å². The third-order valence-electron chi connectivity index (χ3n) is 3.52. The fraction of sp³-hybridized carbons (Fsp3) is 0.583. The van der Waals surface area contributed by atoms with Crippen molar-refractivity contribution in [2.24, 2.45) is 0 Å². The third kappa shape index (κ3) is 1.92. The van der Waals surface area contributed by atoms with E-state index < -0.39 is 0 Å². The van der Waals surface area contributed by atoms with E-state index in [1.807, 2.05) is 0 Å². The fourth-order valence-electron chi connectivity index (χ4n) is 2.63. The van der Waals surface area contributed by atoms with Crippen LogP contribution in [0.25, 0.3) is 0 Å². The van der Waals surface area contributed by atoms with Gasteiger partial charge in [0.15, 0.2) is 0 Å². The summed E-state index contributed by atoms with van der Waals surface area (Å²) < 4.78 is 0. The Morgan fingerprint density at radius 1 is 1.33 bits per heavy atom. The summed E-state index contributed by atoms with van der Waals surface area (Å²) in [5.74, 6) is 1.89. The fourth-order valence-corrected chi connectivity index (χ4v) is 2.63. The molecule has 0 aliphatic carbocycles. The number of carbonyl (C=O) groups is 1. The van der Waals surface area contributed by atoms with Crippen molar-refractivity contribution in [2.45, 2.75) is 19.3 Å². The average molecular weight is 247 g/mol. The zero-order chi connectivity index (χ0) is 12.5. The second kappa shape index (κ2) is 4.53. The van der Waals surface area contributed by atoms with Crippen molar-refractivity contribution in [2.75, 3.05) is 36.4 Å². The van der Waals surface area contributed by atoms with E-state index in [1.165, 1.54) is 6.33 Å². The largest absolute Gasteiger partial charge is 0.354 e. The van der Waals surface area contributed by atoms with E-state index in [0.29, 0.717) is 12.2 Å². The zero-order valence-corrected chi connectivity index (χ0v) is 10.4. The highest BCUT2D eigenvalue weighted by Crippen LogP contribution is 2.36. The molecule has 2 aliphatic heterocycles. The first-order chi connectivity index (χ1) is 8.75. The van der Waals surface area contributed by atoms with Gasteiger partial charge in [-0.15, -0.1) is 0 Å². The van der Waals surface area contributed by atoms with Crippen LogP contribution in [0.1, 0.15) is 24.8 Å². The third-order valence-corrected chi connectivity index (χ3v) is 3.52. The molecule has 2 N–H and O–H groups in total. The number of aromatic nitrogens is 2. The molecular formula is C12H17N5O. The number of hydrogen-bond acceptors (Lipinski definition) is 5. The molecule has 1 aromatic heterocycles. The van der Waals surface area contributed by atoms with Crippen LogP contribution < -0.4 is 15.5 Å². The lowest BCUT2D eigenvalue weighted by molar-refractivity contribution is -0.116. The summed E-state index contributed by atoms with van der Waals surface area (Å²) in [6.45, 7) is 5.90. The smallest absolute Gasteiger partial charge is 0.226 e. The summed E-state index contributed by atoms with van der Waals surface area (Å²) in [7, 11) is 0. The first-order valence-corrected chi connectivity index (χ1v) is 6.36. The molecule has 2 aliphatic rings. The maximum Gasteiger partial charge on any atom is 0.226 e.